The molecule has 0 aliphatic heterocycles. The van der Waals surface area contributed by atoms with Gasteiger partial charge in [0.1, 0.15) is 5.41 Å². The fourth-order valence-electron chi connectivity index (χ4n) is 3.12. The molecular weight excluding hydrogens is 234 g/mol. The lowest BCUT2D eigenvalue weighted by molar-refractivity contribution is 0.277. The molecule has 0 amide bonds. The SMILES string of the molecule is N#CC1(CCCO)c2ccccc2-c2ccccc21. The summed E-state index contributed by atoms with van der Waals surface area (Å²) in [5, 5.41) is 18.9. The second-order valence-corrected chi connectivity index (χ2v) is 4.94. The van der Waals surface area contributed by atoms with E-state index in [4.69, 9.17) is 5.11 Å². The molecule has 1 N–H and O–H groups in total. The standard InChI is InChI=1S/C17H15NO/c18-12-17(10-5-11-19)15-8-3-1-6-13(15)14-7-2-4-9-16(14)17/h1-4,6-9,19H,5,10-11H2. The van der Waals surface area contributed by atoms with Crippen molar-refractivity contribution in [1.29, 1.82) is 5.26 Å². The van der Waals surface area contributed by atoms with Gasteiger partial charge in [-0.3, -0.25) is 0 Å². The predicted molar refractivity (Wildman–Crippen MR) is 74.6 cm³/mol. The zero-order chi connectivity index (χ0) is 13.3. The van der Waals surface area contributed by atoms with Crippen molar-refractivity contribution in [2.24, 2.45) is 0 Å². The number of rotatable bonds is 3. The third-order valence-electron chi connectivity index (χ3n) is 3.96. The minimum absolute atomic E-state index is 0.119. The topological polar surface area (TPSA) is 44.0 Å². The van der Waals surface area contributed by atoms with E-state index >= 15 is 0 Å². The normalized spacial score (nSPS) is 14.5. The monoisotopic (exact) mass is 249 g/mol. The van der Waals surface area contributed by atoms with Crippen LogP contribution in [0.4, 0.5) is 0 Å². The molecule has 0 aromatic heterocycles. The maximum atomic E-state index is 9.81. The number of hydrogen-bond donors (Lipinski definition) is 1. The van der Waals surface area contributed by atoms with E-state index in [9.17, 15) is 5.26 Å². The van der Waals surface area contributed by atoms with Crippen molar-refractivity contribution in [2.45, 2.75) is 18.3 Å². The van der Waals surface area contributed by atoms with Gasteiger partial charge in [0.2, 0.25) is 0 Å². The first kappa shape index (κ1) is 12.0. The Morgan fingerprint density at radius 2 is 1.47 bits per heavy atom. The van der Waals surface area contributed by atoms with Crippen LogP contribution >= 0.6 is 0 Å². The van der Waals surface area contributed by atoms with Crippen molar-refractivity contribution in [3.8, 4) is 17.2 Å². The van der Waals surface area contributed by atoms with E-state index in [-0.39, 0.29) is 6.61 Å². The van der Waals surface area contributed by atoms with E-state index in [1.54, 1.807) is 0 Å². The van der Waals surface area contributed by atoms with Gasteiger partial charge in [0.15, 0.2) is 0 Å². The summed E-state index contributed by atoms with van der Waals surface area (Å²) in [4.78, 5) is 0. The molecule has 1 aliphatic carbocycles. The van der Waals surface area contributed by atoms with Gasteiger partial charge in [-0.1, -0.05) is 48.5 Å². The Labute approximate surface area is 112 Å². The molecule has 0 atom stereocenters. The van der Waals surface area contributed by atoms with Crippen LogP contribution in [0.5, 0.6) is 0 Å². The summed E-state index contributed by atoms with van der Waals surface area (Å²) in [6, 6.07) is 18.7. The van der Waals surface area contributed by atoms with Gasteiger partial charge in [0.25, 0.3) is 0 Å². The summed E-state index contributed by atoms with van der Waals surface area (Å²) < 4.78 is 0. The first-order chi connectivity index (χ1) is 9.33. The summed E-state index contributed by atoms with van der Waals surface area (Å²) >= 11 is 0. The fraction of sp³-hybridized carbons (Fsp3) is 0.235. The predicted octanol–water partition coefficient (Wildman–Crippen LogP) is 3.25. The molecule has 19 heavy (non-hydrogen) atoms. The summed E-state index contributed by atoms with van der Waals surface area (Å²) in [6.45, 7) is 0.119. The van der Waals surface area contributed by atoms with Crippen LogP contribution in [0.3, 0.4) is 0 Å². The lowest BCUT2D eigenvalue weighted by atomic mass is 9.76. The van der Waals surface area contributed by atoms with E-state index in [2.05, 4.69) is 18.2 Å². The fourth-order valence-corrected chi connectivity index (χ4v) is 3.12. The average Bonchev–Trinajstić information content (AvgIpc) is 2.77. The van der Waals surface area contributed by atoms with Crippen molar-refractivity contribution in [1.82, 2.24) is 0 Å². The number of aliphatic hydroxyl groups is 1. The van der Waals surface area contributed by atoms with Crippen LogP contribution in [0.15, 0.2) is 48.5 Å². The highest BCUT2D eigenvalue weighted by Crippen LogP contribution is 2.50. The molecule has 1 aliphatic rings. The van der Waals surface area contributed by atoms with E-state index in [1.807, 2.05) is 36.4 Å². The maximum absolute atomic E-state index is 9.81. The van der Waals surface area contributed by atoms with Crippen molar-refractivity contribution >= 4 is 0 Å². The molecule has 0 saturated carbocycles. The van der Waals surface area contributed by atoms with Gasteiger partial charge in [-0.2, -0.15) is 5.26 Å². The molecule has 0 radical (unpaired) electrons. The van der Waals surface area contributed by atoms with Gasteiger partial charge in [0.05, 0.1) is 6.07 Å². The first-order valence-electron chi connectivity index (χ1n) is 6.55. The number of nitrogens with zero attached hydrogens (tertiary/aromatic N) is 1. The molecule has 0 fully saturated rings. The molecule has 0 heterocycles. The Hall–Kier alpha value is -2.11. The second-order valence-electron chi connectivity index (χ2n) is 4.94. The smallest absolute Gasteiger partial charge is 0.108 e. The Kier molecular flexibility index (Phi) is 2.85. The number of aliphatic hydroxyl groups excluding tert-OH is 1. The Balaban J connectivity index is 2.27. The molecule has 2 heteroatoms. The molecule has 0 unspecified atom stereocenters. The number of benzene rings is 2. The summed E-state index contributed by atoms with van der Waals surface area (Å²) in [6.07, 6.45) is 1.30. The van der Waals surface area contributed by atoms with Crippen LogP contribution in [0, 0.1) is 11.3 Å². The highest BCUT2D eigenvalue weighted by Gasteiger charge is 2.42. The molecule has 0 bridgehead atoms. The molecular formula is C17H15NO. The molecule has 2 nitrogen and oxygen atoms in total. The van der Waals surface area contributed by atoms with Crippen LogP contribution in [-0.2, 0) is 5.41 Å². The van der Waals surface area contributed by atoms with Crippen LogP contribution in [0.1, 0.15) is 24.0 Å². The minimum atomic E-state index is -0.601. The van der Waals surface area contributed by atoms with E-state index < -0.39 is 5.41 Å². The maximum Gasteiger partial charge on any atom is 0.108 e. The van der Waals surface area contributed by atoms with Gasteiger partial charge >= 0.3 is 0 Å². The molecule has 0 spiro atoms. The largest absolute Gasteiger partial charge is 0.396 e. The van der Waals surface area contributed by atoms with Crippen molar-refractivity contribution in [3.63, 3.8) is 0 Å². The van der Waals surface area contributed by atoms with Crippen molar-refractivity contribution in [2.75, 3.05) is 6.61 Å². The van der Waals surface area contributed by atoms with Crippen LogP contribution < -0.4 is 0 Å². The summed E-state index contributed by atoms with van der Waals surface area (Å²) in [5.74, 6) is 0. The Morgan fingerprint density at radius 3 is 1.95 bits per heavy atom. The highest BCUT2D eigenvalue weighted by atomic mass is 16.2. The van der Waals surface area contributed by atoms with Crippen LogP contribution in [-0.4, -0.2) is 11.7 Å². The summed E-state index contributed by atoms with van der Waals surface area (Å²) in [7, 11) is 0. The molecule has 2 aromatic carbocycles. The zero-order valence-electron chi connectivity index (χ0n) is 10.6. The minimum Gasteiger partial charge on any atom is -0.396 e. The third kappa shape index (κ3) is 1.59. The Bertz CT molecular complexity index is 609. The van der Waals surface area contributed by atoms with Gasteiger partial charge < -0.3 is 5.11 Å². The van der Waals surface area contributed by atoms with Gasteiger partial charge in [0, 0.05) is 6.61 Å². The highest BCUT2D eigenvalue weighted by molar-refractivity contribution is 5.82. The third-order valence-corrected chi connectivity index (χ3v) is 3.96. The van der Waals surface area contributed by atoms with Crippen LogP contribution in [0.2, 0.25) is 0 Å². The lowest BCUT2D eigenvalue weighted by Crippen LogP contribution is -2.23. The first-order valence-corrected chi connectivity index (χ1v) is 6.55. The van der Waals surface area contributed by atoms with Gasteiger partial charge in [-0.25, -0.2) is 0 Å². The van der Waals surface area contributed by atoms with Crippen molar-refractivity contribution < 1.29 is 5.11 Å². The van der Waals surface area contributed by atoms with Crippen molar-refractivity contribution in [3.05, 3.63) is 59.7 Å². The van der Waals surface area contributed by atoms with E-state index in [0.717, 1.165) is 22.3 Å². The number of hydrogen-bond acceptors (Lipinski definition) is 2. The molecule has 94 valence electrons. The van der Waals surface area contributed by atoms with Gasteiger partial charge in [-0.15, -0.1) is 0 Å². The lowest BCUT2D eigenvalue weighted by Gasteiger charge is -2.23. The Morgan fingerprint density at radius 1 is 0.947 bits per heavy atom. The zero-order valence-corrected chi connectivity index (χ0v) is 10.6. The number of fused-ring (bicyclic) bond motifs is 3. The quantitative estimate of drug-likeness (QED) is 0.907. The second kappa shape index (κ2) is 4.53. The molecule has 2 aromatic rings. The van der Waals surface area contributed by atoms with E-state index in [1.165, 1.54) is 0 Å². The molecule has 3 rings (SSSR count). The average molecular weight is 249 g/mol. The summed E-state index contributed by atoms with van der Waals surface area (Å²) in [5.41, 5.74) is 3.85. The van der Waals surface area contributed by atoms with Gasteiger partial charge in [-0.05, 0) is 35.1 Å². The number of nitriles is 1. The molecule has 0 saturated heterocycles. The van der Waals surface area contributed by atoms with Crippen LogP contribution in [0.25, 0.3) is 11.1 Å². The van der Waals surface area contributed by atoms with E-state index in [0.29, 0.717) is 12.8 Å².